The van der Waals surface area contributed by atoms with E-state index >= 15 is 0 Å². The van der Waals surface area contributed by atoms with Crippen LogP contribution < -0.4 is 5.32 Å². The van der Waals surface area contributed by atoms with Crippen molar-refractivity contribution in [3.63, 3.8) is 0 Å². The number of aromatic nitrogens is 1. The highest BCUT2D eigenvalue weighted by Crippen LogP contribution is 2.19. The third-order valence-corrected chi connectivity index (χ3v) is 3.21. The third-order valence-electron chi connectivity index (χ3n) is 3.21. The lowest BCUT2D eigenvalue weighted by Gasteiger charge is -2.18. The lowest BCUT2D eigenvalue weighted by atomic mass is 10.0. The van der Waals surface area contributed by atoms with Crippen LogP contribution in [0.2, 0.25) is 0 Å². The van der Waals surface area contributed by atoms with Gasteiger partial charge in [-0.1, -0.05) is 36.4 Å². The summed E-state index contributed by atoms with van der Waals surface area (Å²) in [7, 11) is 0. The van der Waals surface area contributed by atoms with Crippen LogP contribution in [0.25, 0.3) is 0 Å². The van der Waals surface area contributed by atoms with E-state index in [-0.39, 0.29) is 6.04 Å². The molecule has 2 aromatic rings. The van der Waals surface area contributed by atoms with Crippen LogP contribution in [0, 0.1) is 12.3 Å². The Kier molecular flexibility index (Phi) is 5.82. The predicted molar refractivity (Wildman–Crippen MR) is 83.2 cm³/mol. The van der Waals surface area contributed by atoms with Crippen molar-refractivity contribution in [1.29, 1.82) is 0 Å². The number of nitrogens with zero attached hydrogens (tertiary/aromatic N) is 1. The molecule has 1 aromatic carbocycles. The van der Waals surface area contributed by atoms with E-state index in [0.717, 1.165) is 31.5 Å². The summed E-state index contributed by atoms with van der Waals surface area (Å²) in [6, 6.07) is 16.6. The minimum absolute atomic E-state index is 0.142. The number of hydrogen-bond acceptors (Lipinski definition) is 2. The molecule has 1 aromatic heterocycles. The molecule has 1 atom stereocenters. The Labute approximate surface area is 121 Å². The van der Waals surface area contributed by atoms with Crippen LogP contribution in [-0.2, 0) is 0 Å². The van der Waals surface area contributed by atoms with E-state index < -0.39 is 0 Å². The zero-order chi connectivity index (χ0) is 14.0. The van der Waals surface area contributed by atoms with Crippen LogP contribution in [0.15, 0.2) is 54.7 Å². The molecular formula is C18H20N2. The Hall–Kier alpha value is -2.11. The minimum Gasteiger partial charge on any atom is -0.305 e. The van der Waals surface area contributed by atoms with Crippen molar-refractivity contribution in [2.24, 2.45) is 0 Å². The topological polar surface area (TPSA) is 24.9 Å². The summed E-state index contributed by atoms with van der Waals surface area (Å²) in [4.78, 5) is 4.48. The fraction of sp³-hybridized carbons (Fsp3) is 0.278. The van der Waals surface area contributed by atoms with Gasteiger partial charge in [-0.15, -0.1) is 12.3 Å². The van der Waals surface area contributed by atoms with Gasteiger partial charge in [0.15, 0.2) is 0 Å². The molecule has 1 heterocycles. The van der Waals surface area contributed by atoms with Gasteiger partial charge in [-0.05, 0) is 37.1 Å². The third kappa shape index (κ3) is 4.22. The summed E-state index contributed by atoms with van der Waals surface area (Å²) in [5.74, 6) is 2.68. The molecule has 1 N–H and O–H groups in total. The fourth-order valence-corrected chi connectivity index (χ4v) is 2.18. The van der Waals surface area contributed by atoms with E-state index in [1.54, 1.807) is 0 Å². The van der Waals surface area contributed by atoms with Crippen LogP contribution in [0.3, 0.4) is 0 Å². The Morgan fingerprint density at radius 3 is 2.55 bits per heavy atom. The minimum atomic E-state index is 0.142. The second-order valence-electron chi connectivity index (χ2n) is 4.71. The summed E-state index contributed by atoms with van der Waals surface area (Å²) in [6.45, 7) is 0.942. The van der Waals surface area contributed by atoms with E-state index in [0.29, 0.717) is 0 Å². The van der Waals surface area contributed by atoms with Crippen LogP contribution in [0.4, 0.5) is 0 Å². The maximum atomic E-state index is 5.27. The lowest BCUT2D eigenvalue weighted by Crippen LogP contribution is -2.24. The number of pyridine rings is 1. The first-order valence-corrected chi connectivity index (χ1v) is 7.04. The Balaban J connectivity index is 2.04. The molecule has 0 saturated carbocycles. The van der Waals surface area contributed by atoms with E-state index in [1.165, 1.54) is 5.56 Å². The van der Waals surface area contributed by atoms with Gasteiger partial charge >= 0.3 is 0 Å². The van der Waals surface area contributed by atoms with Crippen LogP contribution in [0.5, 0.6) is 0 Å². The van der Waals surface area contributed by atoms with Crippen molar-refractivity contribution in [2.75, 3.05) is 6.54 Å². The number of hydrogen-bond donors (Lipinski definition) is 1. The van der Waals surface area contributed by atoms with Crippen LogP contribution >= 0.6 is 0 Å². The van der Waals surface area contributed by atoms with Crippen molar-refractivity contribution in [3.05, 3.63) is 66.0 Å². The number of rotatable bonds is 7. The van der Waals surface area contributed by atoms with Crippen molar-refractivity contribution < 1.29 is 0 Å². The molecule has 0 aliphatic carbocycles. The molecule has 2 heteroatoms. The number of benzene rings is 1. The van der Waals surface area contributed by atoms with Crippen molar-refractivity contribution in [3.8, 4) is 12.3 Å². The first-order valence-electron chi connectivity index (χ1n) is 7.04. The van der Waals surface area contributed by atoms with Crippen LogP contribution in [-0.4, -0.2) is 11.5 Å². The zero-order valence-electron chi connectivity index (χ0n) is 11.6. The lowest BCUT2D eigenvalue weighted by molar-refractivity contribution is 0.563. The van der Waals surface area contributed by atoms with E-state index in [2.05, 4.69) is 46.6 Å². The van der Waals surface area contributed by atoms with Gasteiger partial charge in [-0.2, -0.15) is 0 Å². The van der Waals surface area contributed by atoms with Crippen molar-refractivity contribution in [1.82, 2.24) is 10.3 Å². The first-order chi connectivity index (χ1) is 9.92. The number of nitrogens with one attached hydrogen (secondary N) is 1. The molecule has 0 aliphatic heterocycles. The number of unbranched alkanes of at least 4 members (excludes halogenated alkanes) is 2. The average molecular weight is 264 g/mol. The molecule has 0 bridgehead atoms. The monoisotopic (exact) mass is 264 g/mol. The summed E-state index contributed by atoms with van der Waals surface area (Å²) in [5.41, 5.74) is 2.29. The standard InChI is InChI=1S/C18H20N2/c1-2-3-4-9-15-20-18(16-11-6-5-7-12-16)17-13-8-10-14-19-17/h1,5-8,10-14,18,20H,3-4,9,15H2. The summed E-state index contributed by atoms with van der Waals surface area (Å²) in [6.07, 6.45) is 10.1. The van der Waals surface area contributed by atoms with Gasteiger partial charge in [0.25, 0.3) is 0 Å². The summed E-state index contributed by atoms with van der Waals surface area (Å²) < 4.78 is 0. The maximum Gasteiger partial charge on any atom is 0.0751 e. The molecule has 0 radical (unpaired) electrons. The maximum absolute atomic E-state index is 5.27. The highest BCUT2D eigenvalue weighted by molar-refractivity contribution is 5.27. The average Bonchev–Trinajstić information content (AvgIpc) is 2.53. The molecule has 0 saturated heterocycles. The highest BCUT2D eigenvalue weighted by Gasteiger charge is 2.13. The normalized spacial score (nSPS) is 11.8. The molecule has 0 amide bonds. The van der Waals surface area contributed by atoms with Gasteiger partial charge in [-0.3, -0.25) is 4.98 Å². The largest absolute Gasteiger partial charge is 0.305 e. The molecule has 2 rings (SSSR count). The highest BCUT2D eigenvalue weighted by atomic mass is 14.9. The summed E-state index contributed by atoms with van der Waals surface area (Å²) >= 11 is 0. The van der Waals surface area contributed by atoms with Crippen LogP contribution in [0.1, 0.15) is 36.6 Å². The van der Waals surface area contributed by atoms with Gasteiger partial charge in [0.2, 0.25) is 0 Å². The second kappa shape index (κ2) is 8.14. The Morgan fingerprint density at radius 1 is 1.05 bits per heavy atom. The van der Waals surface area contributed by atoms with E-state index in [4.69, 9.17) is 6.42 Å². The van der Waals surface area contributed by atoms with Gasteiger partial charge in [0, 0.05) is 12.6 Å². The molecule has 1 unspecified atom stereocenters. The fourth-order valence-electron chi connectivity index (χ4n) is 2.18. The SMILES string of the molecule is C#CCCCCNC(c1ccccc1)c1ccccn1. The van der Waals surface area contributed by atoms with Gasteiger partial charge in [-0.25, -0.2) is 0 Å². The quantitative estimate of drug-likeness (QED) is 0.611. The smallest absolute Gasteiger partial charge is 0.0751 e. The van der Waals surface area contributed by atoms with Crippen molar-refractivity contribution >= 4 is 0 Å². The van der Waals surface area contributed by atoms with Gasteiger partial charge < -0.3 is 5.32 Å². The molecule has 0 fully saturated rings. The molecule has 20 heavy (non-hydrogen) atoms. The molecule has 102 valence electrons. The summed E-state index contributed by atoms with van der Waals surface area (Å²) in [5, 5.41) is 3.58. The van der Waals surface area contributed by atoms with Crippen molar-refractivity contribution in [2.45, 2.75) is 25.3 Å². The molecule has 0 spiro atoms. The first kappa shape index (κ1) is 14.3. The van der Waals surface area contributed by atoms with E-state index in [9.17, 15) is 0 Å². The van der Waals surface area contributed by atoms with E-state index in [1.807, 2.05) is 24.4 Å². The van der Waals surface area contributed by atoms with Gasteiger partial charge in [0.1, 0.15) is 0 Å². The second-order valence-corrected chi connectivity index (χ2v) is 4.71. The predicted octanol–water partition coefficient (Wildman–Crippen LogP) is 3.56. The Bertz CT molecular complexity index is 489. The molecule has 0 aliphatic rings. The molecular weight excluding hydrogens is 244 g/mol. The van der Waals surface area contributed by atoms with Gasteiger partial charge in [0.05, 0.1) is 11.7 Å². The molecule has 2 nitrogen and oxygen atoms in total. The zero-order valence-corrected chi connectivity index (χ0v) is 11.6. The number of terminal acetylenes is 1. The Morgan fingerprint density at radius 2 is 1.85 bits per heavy atom.